The first-order valence-corrected chi connectivity index (χ1v) is 9.58. The number of hydrazone groups is 1. The molecule has 0 aliphatic carbocycles. The van der Waals surface area contributed by atoms with E-state index < -0.39 is 0 Å². The highest BCUT2D eigenvalue weighted by atomic mass is 19.1. The highest BCUT2D eigenvalue weighted by Crippen LogP contribution is 2.29. The van der Waals surface area contributed by atoms with Gasteiger partial charge in [0.25, 0.3) is 0 Å². The number of ether oxygens (including phenoxy) is 1. The van der Waals surface area contributed by atoms with Crippen molar-refractivity contribution in [3.05, 3.63) is 71.7 Å². The van der Waals surface area contributed by atoms with Crippen LogP contribution in [-0.2, 0) is 0 Å². The molecule has 1 fully saturated rings. The minimum atomic E-state index is -0.299. The summed E-state index contributed by atoms with van der Waals surface area (Å²) in [4.78, 5) is 0. The highest BCUT2D eigenvalue weighted by molar-refractivity contribution is 5.84. The highest BCUT2D eigenvalue weighted by Gasteiger charge is 2.18. The van der Waals surface area contributed by atoms with Gasteiger partial charge in [-0.3, -0.25) is 5.01 Å². The van der Waals surface area contributed by atoms with Crippen molar-refractivity contribution in [2.45, 2.75) is 26.2 Å². The summed E-state index contributed by atoms with van der Waals surface area (Å²) in [5.74, 6) is 0.814. The number of aromatic nitrogens is 2. The van der Waals surface area contributed by atoms with Crippen LogP contribution in [0.1, 0.15) is 30.5 Å². The molecule has 144 valence electrons. The normalized spacial score (nSPS) is 14.6. The Bertz CT molecular complexity index is 945. The second kappa shape index (κ2) is 8.25. The first-order valence-electron chi connectivity index (χ1n) is 9.58. The van der Waals surface area contributed by atoms with Crippen molar-refractivity contribution in [3.63, 3.8) is 0 Å². The van der Waals surface area contributed by atoms with Crippen LogP contribution in [0.25, 0.3) is 5.69 Å². The molecule has 2 aromatic carbocycles. The predicted octanol–water partition coefficient (Wildman–Crippen LogP) is 4.93. The third kappa shape index (κ3) is 4.06. The molecule has 1 aromatic heterocycles. The molecule has 0 unspecified atom stereocenters. The van der Waals surface area contributed by atoms with E-state index >= 15 is 0 Å². The second-order valence-corrected chi connectivity index (χ2v) is 6.87. The number of halogens is 1. The number of aryl methyl sites for hydroxylation is 1. The molecule has 1 aliphatic rings. The average Bonchev–Trinajstić information content (AvgIpc) is 3.05. The summed E-state index contributed by atoms with van der Waals surface area (Å²) in [7, 11) is 0. The van der Waals surface area contributed by atoms with Crippen molar-refractivity contribution >= 4 is 6.21 Å². The van der Waals surface area contributed by atoms with Gasteiger partial charge in [-0.2, -0.15) is 14.9 Å². The number of rotatable bonds is 5. The van der Waals surface area contributed by atoms with Gasteiger partial charge in [-0.1, -0.05) is 18.2 Å². The van der Waals surface area contributed by atoms with Gasteiger partial charge in [0.1, 0.15) is 11.6 Å². The summed E-state index contributed by atoms with van der Waals surface area (Å²) in [6, 6.07) is 15.8. The van der Waals surface area contributed by atoms with Crippen LogP contribution in [0, 0.1) is 12.7 Å². The molecule has 0 saturated carbocycles. The maximum Gasteiger partial charge on any atom is 0.231 e. The van der Waals surface area contributed by atoms with E-state index in [2.05, 4.69) is 15.2 Å². The Labute approximate surface area is 164 Å². The van der Waals surface area contributed by atoms with Crippen LogP contribution in [0.3, 0.4) is 0 Å². The van der Waals surface area contributed by atoms with Crippen molar-refractivity contribution in [1.82, 2.24) is 14.8 Å². The lowest BCUT2D eigenvalue weighted by atomic mass is 10.2. The van der Waals surface area contributed by atoms with E-state index in [1.165, 1.54) is 31.4 Å². The molecule has 1 aliphatic heterocycles. The summed E-state index contributed by atoms with van der Waals surface area (Å²) in [5.41, 5.74) is 2.53. The maximum atomic E-state index is 13.3. The average molecular weight is 378 g/mol. The number of hydrogen-bond acceptors (Lipinski definition) is 4. The lowest BCUT2D eigenvalue weighted by Gasteiger charge is -2.23. The SMILES string of the molecule is Cc1nn(-c2ccccc2)c(Oc2ccc(F)cc2)c1/C=N/N1CCCCC1. The standard InChI is InChI=1S/C22H23FN4O/c1-17-21(16-24-26-14-6-3-7-15-26)22(28-20-12-10-18(23)11-13-20)27(25-17)19-8-4-2-5-9-19/h2,4-5,8-13,16H,3,6-7,14-15H2,1H3/b24-16+. The van der Waals surface area contributed by atoms with E-state index in [1.807, 2.05) is 43.5 Å². The van der Waals surface area contributed by atoms with Crippen LogP contribution in [0.5, 0.6) is 11.6 Å². The molecule has 3 aromatic rings. The van der Waals surface area contributed by atoms with Gasteiger partial charge in [0, 0.05) is 13.1 Å². The summed E-state index contributed by atoms with van der Waals surface area (Å²) in [6.45, 7) is 3.88. The van der Waals surface area contributed by atoms with E-state index in [0.29, 0.717) is 11.6 Å². The topological polar surface area (TPSA) is 42.6 Å². The quantitative estimate of drug-likeness (QED) is 0.591. The van der Waals surface area contributed by atoms with Crippen LogP contribution in [0.2, 0.25) is 0 Å². The van der Waals surface area contributed by atoms with Gasteiger partial charge in [-0.05, 0) is 62.6 Å². The van der Waals surface area contributed by atoms with Gasteiger partial charge >= 0.3 is 0 Å². The largest absolute Gasteiger partial charge is 0.438 e. The monoisotopic (exact) mass is 378 g/mol. The Morgan fingerprint density at radius 1 is 1.00 bits per heavy atom. The molecule has 0 radical (unpaired) electrons. The molecule has 0 bridgehead atoms. The van der Waals surface area contributed by atoms with Crippen LogP contribution in [-0.4, -0.2) is 34.1 Å². The van der Waals surface area contributed by atoms with Crippen LogP contribution < -0.4 is 4.74 Å². The number of benzene rings is 2. The summed E-state index contributed by atoms with van der Waals surface area (Å²) in [5, 5.41) is 11.4. The van der Waals surface area contributed by atoms with E-state index in [-0.39, 0.29) is 5.82 Å². The Kier molecular flexibility index (Phi) is 5.37. The van der Waals surface area contributed by atoms with Crippen LogP contribution in [0.15, 0.2) is 59.7 Å². The minimum Gasteiger partial charge on any atom is -0.438 e. The van der Waals surface area contributed by atoms with Crippen molar-refractivity contribution in [2.75, 3.05) is 13.1 Å². The first kappa shape index (κ1) is 18.2. The Hall–Kier alpha value is -3.15. The van der Waals surface area contributed by atoms with Crippen LogP contribution in [0.4, 0.5) is 4.39 Å². The van der Waals surface area contributed by atoms with Crippen molar-refractivity contribution < 1.29 is 9.13 Å². The molecular weight excluding hydrogens is 355 g/mol. The molecule has 0 N–H and O–H groups in total. The number of piperidine rings is 1. The lowest BCUT2D eigenvalue weighted by molar-refractivity contribution is 0.240. The lowest BCUT2D eigenvalue weighted by Crippen LogP contribution is -2.24. The molecule has 6 heteroatoms. The first-order chi connectivity index (χ1) is 13.7. The zero-order chi connectivity index (χ0) is 19.3. The van der Waals surface area contributed by atoms with E-state index in [0.717, 1.165) is 30.0 Å². The van der Waals surface area contributed by atoms with E-state index in [4.69, 9.17) is 4.74 Å². The smallest absolute Gasteiger partial charge is 0.231 e. The second-order valence-electron chi connectivity index (χ2n) is 6.87. The number of hydrogen-bond donors (Lipinski definition) is 0. The van der Waals surface area contributed by atoms with Gasteiger partial charge in [0.05, 0.1) is 23.2 Å². The summed E-state index contributed by atoms with van der Waals surface area (Å²) >= 11 is 0. The molecule has 0 amide bonds. The Balaban J connectivity index is 1.72. The van der Waals surface area contributed by atoms with Crippen molar-refractivity contribution in [3.8, 4) is 17.3 Å². The molecular formula is C22H23FN4O. The minimum absolute atomic E-state index is 0.299. The Morgan fingerprint density at radius 3 is 2.43 bits per heavy atom. The fraction of sp³-hybridized carbons (Fsp3) is 0.273. The molecule has 28 heavy (non-hydrogen) atoms. The molecule has 4 rings (SSSR count). The molecule has 2 heterocycles. The van der Waals surface area contributed by atoms with Gasteiger partial charge in [0.2, 0.25) is 5.88 Å². The van der Waals surface area contributed by atoms with Gasteiger partial charge in [-0.15, -0.1) is 0 Å². The number of para-hydroxylation sites is 1. The zero-order valence-corrected chi connectivity index (χ0v) is 15.9. The predicted molar refractivity (Wildman–Crippen MR) is 108 cm³/mol. The van der Waals surface area contributed by atoms with E-state index in [9.17, 15) is 4.39 Å². The molecule has 5 nitrogen and oxygen atoms in total. The third-order valence-electron chi connectivity index (χ3n) is 4.77. The van der Waals surface area contributed by atoms with Gasteiger partial charge < -0.3 is 4.74 Å². The maximum absolute atomic E-state index is 13.3. The molecule has 1 saturated heterocycles. The molecule has 0 atom stereocenters. The van der Waals surface area contributed by atoms with Gasteiger partial charge in [0.15, 0.2) is 0 Å². The Morgan fingerprint density at radius 2 is 1.71 bits per heavy atom. The molecule has 0 spiro atoms. The van der Waals surface area contributed by atoms with Crippen LogP contribution >= 0.6 is 0 Å². The van der Waals surface area contributed by atoms with E-state index in [1.54, 1.807) is 16.8 Å². The fourth-order valence-corrected chi connectivity index (χ4v) is 3.26. The summed E-state index contributed by atoms with van der Waals surface area (Å²) < 4.78 is 21.2. The third-order valence-corrected chi connectivity index (χ3v) is 4.77. The zero-order valence-electron chi connectivity index (χ0n) is 15.9. The summed E-state index contributed by atoms with van der Waals surface area (Å²) in [6.07, 6.45) is 5.42. The van der Waals surface area contributed by atoms with Crippen molar-refractivity contribution in [2.24, 2.45) is 5.10 Å². The van der Waals surface area contributed by atoms with Crippen molar-refractivity contribution in [1.29, 1.82) is 0 Å². The number of nitrogens with zero attached hydrogens (tertiary/aromatic N) is 4. The fourth-order valence-electron chi connectivity index (χ4n) is 3.26. The van der Waals surface area contributed by atoms with Gasteiger partial charge in [-0.25, -0.2) is 4.39 Å².